The summed E-state index contributed by atoms with van der Waals surface area (Å²) >= 11 is 23.2. The number of thioether (sulfide) groups is 1. The van der Waals surface area contributed by atoms with Crippen molar-refractivity contribution in [2.45, 2.75) is 40.4 Å². The molecular weight excluding hydrogens is 709 g/mol. The van der Waals surface area contributed by atoms with Gasteiger partial charge in [-0.05, 0) is 59.5 Å². The van der Waals surface area contributed by atoms with Crippen LogP contribution in [-0.2, 0) is 33.6 Å². The van der Waals surface area contributed by atoms with E-state index in [2.05, 4.69) is 10.2 Å². The molecule has 0 saturated heterocycles. The van der Waals surface area contributed by atoms with Crippen LogP contribution in [0.5, 0.6) is 11.5 Å². The van der Waals surface area contributed by atoms with E-state index in [-0.39, 0.29) is 30.9 Å². The Bertz CT molecular complexity index is 1610. The first kappa shape index (κ1) is 33.0. The number of hydrogen-bond donors (Lipinski definition) is 0. The van der Waals surface area contributed by atoms with Gasteiger partial charge in [0.25, 0.3) is 0 Å². The molecule has 0 radical (unpaired) electrons. The lowest BCUT2D eigenvalue weighted by Gasteiger charge is -2.37. The highest BCUT2D eigenvalue weighted by molar-refractivity contribution is 8.01. The molecule has 4 aromatic rings. The predicted molar refractivity (Wildman–Crippen MR) is 174 cm³/mol. The van der Waals surface area contributed by atoms with Gasteiger partial charge in [0.1, 0.15) is 11.6 Å². The molecule has 3 aromatic heterocycles. The van der Waals surface area contributed by atoms with Crippen LogP contribution in [0.1, 0.15) is 31.9 Å². The standard InChI is InChI=1S/C28H24Cl3N3O6S4/c1-16-32-33-26(44-16)43-14-21-20-13-23(40-25(36)12-19-5-3-9-42-19)22(39-24(35)11-18-4-2-8-41-18)10-17(20)6-7-34(21)27(37)38-15-28(29,30)31/h2-5,8-10,13,21H,6-7,11-12,14-15H2,1H3. The van der Waals surface area contributed by atoms with Gasteiger partial charge < -0.3 is 14.2 Å². The summed E-state index contributed by atoms with van der Waals surface area (Å²) < 4.78 is 15.8. The second-order valence-corrected chi connectivity index (χ2v) is 16.5. The topological polar surface area (TPSA) is 108 Å². The van der Waals surface area contributed by atoms with Gasteiger partial charge in [0, 0.05) is 22.1 Å². The Labute approximate surface area is 284 Å². The molecule has 0 spiro atoms. The highest BCUT2D eigenvalue weighted by Crippen LogP contribution is 2.42. The molecule has 44 heavy (non-hydrogen) atoms. The molecule has 1 unspecified atom stereocenters. The van der Waals surface area contributed by atoms with Gasteiger partial charge in [0.2, 0.25) is 3.79 Å². The second-order valence-electron chi connectivity index (χ2n) is 9.49. The van der Waals surface area contributed by atoms with E-state index in [4.69, 9.17) is 49.0 Å². The largest absolute Gasteiger partial charge is 0.445 e. The summed E-state index contributed by atoms with van der Waals surface area (Å²) in [6, 6.07) is 10.2. The highest BCUT2D eigenvalue weighted by atomic mass is 35.6. The summed E-state index contributed by atoms with van der Waals surface area (Å²) in [4.78, 5) is 42.3. The fourth-order valence-electron chi connectivity index (χ4n) is 4.41. The smallest absolute Gasteiger partial charge is 0.410 e. The Morgan fingerprint density at radius 3 is 2.18 bits per heavy atom. The zero-order chi connectivity index (χ0) is 31.3. The maximum Gasteiger partial charge on any atom is 0.410 e. The SMILES string of the molecule is Cc1nnc(SCC2c3cc(OC(=O)Cc4cccs4)c(OC(=O)Cc4cccs4)cc3CCN2C(=O)OCC(Cl)(Cl)Cl)s1. The summed E-state index contributed by atoms with van der Waals surface area (Å²) in [7, 11) is 0. The predicted octanol–water partition coefficient (Wildman–Crippen LogP) is 7.46. The van der Waals surface area contributed by atoms with E-state index in [0.717, 1.165) is 24.7 Å². The highest BCUT2D eigenvalue weighted by Gasteiger charge is 2.35. The molecule has 5 rings (SSSR count). The molecule has 4 heterocycles. The Hall–Kier alpha value is -2.39. The number of amides is 1. The van der Waals surface area contributed by atoms with Gasteiger partial charge in [-0.2, -0.15) is 0 Å². The molecule has 1 atom stereocenters. The lowest BCUT2D eigenvalue weighted by Crippen LogP contribution is -2.42. The maximum atomic E-state index is 13.2. The van der Waals surface area contributed by atoms with E-state index in [0.29, 0.717) is 17.7 Å². The number of ether oxygens (including phenoxy) is 3. The lowest BCUT2D eigenvalue weighted by molar-refractivity contribution is -0.136. The van der Waals surface area contributed by atoms with Gasteiger partial charge in [-0.3, -0.25) is 14.5 Å². The number of rotatable bonds is 10. The van der Waals surface area contributed by atoms with Crippen LogP contribution in [-0.4, -0.2) is 55.8 Å². The second kappa shape index (κ2) is 14.8. The fraction of sp³-hybridized carbons (Fsp3) is 0.321. The molecule has 0 fully saturated rings. The Kier molecular flexibility index (Phi) is 11.1. The molecule has 0 bridgehead atoms. The lowest BCUT2D eigenvalue weighted by atomic mass is 9.93. The van der Waals surface area contributed by atoms with E-state index < -0.39 is 34.5 Å². The van der Waals surface area contributed by atoms with Crippen molar-refractivity contribution >= 4 is 98.6 Å². The van der Waals surface area contributed by atoms with Gasteiger partial charge in [-0.25, -0.2) is 4.79 Å². The van der Waals surface area contributed by atoms with Crippen LogP contribution >= 0.6 is 80.6 Å². The van der Waals surface area contributed by atoms with Crippen LogP contribution in [0.15, 0.2) is 51.5 Å². The number of halogens is 3. The van der Waals surface area contributed by atoms with E-state index in [1.807, 2.05) is 41.9 Å². The Morgan fingerprint density at radius 2 is 1.64 bits per heavy atom. The molecule has 16 heteroatoms. The minimum absolute atomic E-state index is 0.0441. The number of aryl methyl sites for hydroxylation is 1. The average molecular weight is 733 g/mol. The number of carbonyl (C=O) groups is 3. The molecule has 0 aliphatic carbocycles. The Morgan fingerprint density at radius 1 is 1.00 bits per heavy atom. The van der Waals surface area contributed by atoms with Gasteiger partial charge >= 0.3 is 18.0 Å². The number of esters is 2. The summed E-state index contributed by atoms with van der Waals surface area (Å²) in [6.07, 6.45) is -0.136. The number of benzene rings is 1. The van der Waals surface area contributed by atoms with Crippen LogP contribution < -0.4 is 9.47 Å². The zero-order valence-corrected chi connectivity index (χ0v) is 28.5. The van der Waals surface area contributed by atoms with Crippen molar-refractivity contribution in [2.75, 3.05) is 18.9 Å². The van der Waals surface area contributed by atoms with Crippen molar-refractivity contribution in [1.82, 2.24) is 15.1 Å². The summed E-state index contributed by atoms with van der Waals surface area (Å²) in [6.45, 7) is 1.71. The maximum absolute atomic E-state index is 13.2. The molecule has 232 valence electrons. The molecule has 0 saturated carbocycles. The van der Waals surface area contributed by atoms with Crippen molar-refractivity contribution in [3.63, 3.8) is 0 Å². The first-order valence-corrected chi connectivity index (χ1v) is 17.8. The van der Waals surface area contributed by atoms with Crippen molar-refractivity contribution in [3.05, 3.63) is 73.0 Å². The molecule has 1 aliphatic heterocycles. The number of carbonyl (C=O) groups excluding carboxylic acids is 3. The van der Waals surface area contributed by atoms with Gasteiger partial charge in [0.15, 0.2) is 15.8 Å². The molecule has 1 aliphatic rings. The number of nitrogens with zero attached hydrogens (tertiary/aromatic N) is 3. The summed E-state index contributed by atoms with van der Waals surface area (Å²) in [5.41, 5.74) is 1.53. The van der Waals surface area contributed by atoms with Gasteiger partial charge in [0.05, 0.1) is 18.9 Å². The van der Waals surface area contributed by atoms with Gasteiger partial charge in [-0.15, -0.1) is 32.9 Å². The Balaban J connectivity index is 1.46. The van der Waals surface area contributed by atoms with Crippen molar-refractivity contribution in [2.24, 2.45) is 0 Å². The quantitative estimate of drug-likeness (QED) is 0.0711. The zero-order valence-electron chi connectivity index (χ0n) is 23.0. The molecule has 9 nitrogen and oxygen atoms in total. The summed E-state index contributed by atoms with van der Waals surface area (Å²) in [5.74, 6) is -0.432. The third-order valence-electron chi connectivity index (χ3n) is 6.27. The molecule has 1 aromatic carbocycles. The fourth-order valence-corrected chi connectivity index (χ4v) is 7.93. The third kappa shape index (κ3) is 9.09. The molecular formula is C28H24Cl3N3O6S4. The first-order chi connectivity index (χ1) is 21.0. The van der Waals surface area contributed by atoms with Crippen LogP contribution in [0.3, 0.4) is 0 Å². The van der Waals surface area contributed by atoms with Crippen LogP contribution in [0.4, 0.5) is 4.79 Å². The third-order valence-corrected chi connectivity index (χ3v) is 10.4. The first-order valence-electron chi connectivity index (χ1n) is 13.1. The number of aromatic nitrogens is 2. The molecule has 0 N–H and O–H groups in total. The van der Waals surface area contributed by atoms with E-state index >= 15 is 0 Å². The van der Waals surface area contributed by atoms with Crippen molar-refractivity contribution in [1.29, 1.82) is 0 Å². The van der Waals surface area contributed by atoms with E-state index in [1.165, 1.54) is 45.8 Å². The monoisotopic (exact) mass is 731 g/mol. The number of alkyl halides is 3. The number of fused-ring (bicyclic) bond motifs is 1. The van der Waals surface area contributed by atoms with Gasteiger partial charge in [-0.1, -0.05) is 70.0 Å². The van der Waals surface area contributed by atoms with Crippen LogP contribution in [0.25, 0.3) is 0 Å². The van der Waals surface area contributed by atoms with Crippen molar-refractivity contribution in [3.8, 4) is 11.5 Å². The number of thiophene rings is 2. The normalized spacial score (nSPS) is 14.6. The van der Waals surface area contributed by atoms with Crippen LogP contribution in [0.2, 0.25) is 0 Å². The molecule has 1 amide bonds. The summed E-state index contributed by atoms with van der Waals surface area (Å²) in [5, 5.41) is 12.8. The number of hydrogen-bond acceptors (Lipinski definition) is 12. The minimum Gasteiger partial charge on any atom is -0.445 e. The van der Waals surface area contributed by atoms with E-state index in [9.17, 15) is 14.4 Å². The van der Waals surface area contributed by atoms with E-state index in [1.54, 1.807) is 17.0 Å². The average Bonchev–Trinajstić information content (AvgIpc) is 3.75. The minimum atomic E-state index is -1.77. The van der Waals surface area contributed by atoms with Crippen LogP contribution in [0, 0.1) is 6.92 Å². The van der Waals surface area contributed by atoms with Crippen molar-refractivity contribution < 1.29 is 28.6 Å².